The van der Waals surface area contributed by atoms with E-state index in [1.165, 1.54) is 19.3 Å². The van der Waals surface area contributed by atoms with Crippen molar-refractivity contribution in [3.63, 3.8) is 0 Å². The van der Waals surface area contributed by atoms with Crippen molar-refractivity contribution in [1.82, 2.24) is 5.32 Å². The lowest BCUT2D eigenvalue weighted by Gasteiger charge is -2.46. The van der Waals surface area contributed by atoms with Crippen LogP contribution < -0.4 is 11.1 Å². The molecule has 4 unspecified atom stereocenters. The molecular weight excluding hydrogens is 260 g/mol. The summed E-state index contributed by atoms with van der Waals surface area (Å²) in [5, 5.41) is 3.22. The highest BCUT2D eigenvalue weighted by atomic mass is 16.1. The van der Waals surface area contributed by atoms with E-state index in [2.05, 4.69) is 39.9 Å². The molecule has 1 aliphatic carbocycles. The molecule has 1 saturated carbocycles. The molecule has 0 bridgehead atoms. The van der Waals surface area contributed by atoms with Crippen LogP contribution in [0.2, 0.25) is 0 Å². The van der Waals surface area contributed by atoms with Crippen LogP contribution in [-0.4, -0.2) is 18.5 Å². The van der Waals surface area contributed by atoms with Crippen LogP contribution in [0.4, 0.5) is 0 Å². The molecule has 0 aliphatic heterocycles. The van der Waals surface area contributed by atoms with Crippen molar-refractivity contribution in [2.24, 2.45) is 28.9 Å². The van der Waals surface area contributed by atoms with Crippen LogP contribution in [0.5, 0.6) is 0 Å². The van der Waals surface area contributed by atoms with Crippen molar-refractivity contribution >= 4 is 5.91 Å². The third-order valence-corrected chi connectivity index (χ3v) is 5.93. The number of hydrogen-bond donors (Lipinski definition) is 2. The fourth-order valence-electron chi connectivity index (χ4n) is 3.63. The highest BCUT2D eigenvalue weighted by Crippen LogP contribution is 2.44. The van der Waals surface area contributed by atoms with Crippen molar-refractivity contribution in [2.45, 2.75) is 79.2 Å². The molecule has 1 amide bonds. The zero-order valence-corrected chi connectivity index (χ0v) is 14.7. The number of rotatable bonds is 7. The largest absolute Gasteiger partial charge is 0.356 e. The average molecular weight is 296 g/mol. The molecule has 0 aromatic rings. The monoisotopic (exact) mass is 296 g/mol. The van der Waals surface area contributed by atoms with E-state index >= 15 is 0 Å². The summed E-state index contributed by atoms with van der Waals surface area (Å²) in [6.07, 6.45) is 6.76. The summed E-state index contributed by atoms with van der Waals surface area (Å²) < 4.78 is 0. The Hall–Kier alpha value is -0.570. The molecule has 1 rings (SSSR count). The molecule has 124 valence electrons. The SMILES string of the molecule is CCCCC(CC)CNC(=O)C1CCC(N)C(C)C1(C)C. The molecule has 0 aromatic heterocycles. The zero-order valence-electron chi connectivity index (χ0n) is 14.7. The average Bonchev–Trinajstić information content (AvgIpc) is 2.45. The van der Waals surface area contributed by atoms with Gasteiger partial charge in [-0.15, -0.1) is 0 Å². The Morgan fingerprint density at radius 2 is 2.00 bits per heavy atom. The third kappa shape index (κ3) is 4.70. The predicted molar refractivity (Wildman–Crippen MR) is 90.0 cm³/mol. The van der Waals surface area contributed by atoms with Gasteiger partial charge in [0.15, 0.2) is 0 Å². The number of amides is 1. The molecule has 0 heterocycles. The molecule has 4 atom stereocenters. The fourth-order valence-corrected chi connectivity index (χ4v) is 3.63. The van der Waals surface area contributed by atoms with Crippen LogP contribution in [0.15, 0.2) is 0 Å². The normalized spacial score (nSPS) is 29.9. The molecule has 1 aliphatic rings. The van der Waals surface area contributed by atoms with E-state index in [1.807, 2.05) is 0 Å². The molecule has 3 nitrogen and oxygen atoms in total. The second-order valence-corrected chi connectivity index (χ2v) is 7.57. The van der Waals surface area contributed by atoms with Gasteiger partial charge in [-0.1, -0.05) is 53.9 Å². The van der Waals surface area contributed by atoms with E-state index in [9.17, 15) is 4.79 Å². The molecule has 3 heteroatoms. The fraction of sp³-hybridized carbons (Fsp3) is 0.944. The lowest BCUT2D eigenvalue weighted by molar-refractivity contribution is -0.132. The summed E-state index contributed by atoms with van der Waals surface area (Å²) in [6, 6.07) is 0.233. The predicted octanol–water partition coefficient (Wildman–Crippen LogP) is 3.72. The van der Waals surface area contributed by atoms with Gasteiger partial charge in [0.2, 0.25) is 5.91 Å². The van der Waals surface area contributed by atoms with Crippen LogP contribution in [0.25, 0.3) is 0 Å². The van der Waals surface area contributed by atoms with E-state index < -0.39 is 0 Å². The second kappa shape index (κ2) is 8.17. The third-order valence-electron chi connectivity index (χ3n) is 5.93. The Labute approximate surface area is 131 Å². The van der Waals surface area contributed by atoms with Gasteiger partial charge in [-0.25, -0.2) is 0 Å². The standard InChI is InChI=1S/C18H36N2O/c1-6-8-9-14(7-2)12-20-17(21)15-10-11-16(19)13(3)18(15,4)5/h13-16H,6-12,19H2,1-5H3,(H,20,21). The van der Waals surface area contributed by atoms with Crippen LogP contribution in [0.3, 0.4) is 0 Å². The maximum Gasteiger partial charge on any atom is 0.223 e. The molecule has 0 aromatic carbocycles. The maximum atomic E-state index is 12.6. The van der Waals surface area contributed by atoms with Gasteiger partial charge in [0.1, 0.15) is 0 Å². The summed E-state index contributed by atoms with van der Waals surface area (Å²) in [6.45, 7) is 11.9. The number of carbonyl (C=O) groups is 1. The van der Waals surface area contributed by atoms with E-state index in [4.69, 9.17) is 5.73 Å². The molecule has 0 radical (unpaired) electrons. The summed E-state index contributed by atoms with van der Waals surface area (Å²) in [4.78, 5) is 12.6. The Kier molecular flexibility index (Phi) is 7.19. The van der Waals surface area contributed by atoms with Crippen LogP contribution in [0, 0.1) is 23.2 Å². The Morgan fingerprint density at radius 3 is 2.57 bits per heavy atom. The minimum absolute atomic E-state index is 0.00706. The molecular formula is C18H36N2O. The zero-order chi connectivity index (χ0) is 16.0. The van der Waals surface area contributed by atoms with E-state index in [-0.39, 0.29) is 23.3 Å². The number of nitrogens with one attached hydrogen (secondary N) is 1. The molecule has 3 N–H and O–H groups in total. The first-order valence-corrected chi connectivity index (χ1v) is 8.87. The molecule has 0 spiro atoms. The van der Waals surface area contributed by atoms with Gasteiger partial charge in [0.25, 0.3) is 0 Å². The van der Waals surface area contributed by atoms with Crippen LogP contribution >= 0.6 is 0 Å². The minimum atomic E-state index is -0.00706. The smallest absolute Gasteiger partial charge is 0.223 e. The van der Waals surface area contributed by atoms with Gasteiger partial charge in [-0.05, 0) is 36.5 Å². The van der Waals surface area contributed by atoms with Crippen molar-refractivity contribution in [3.05, 3.63) is 0 Å². The Balaban J connectivity index is 2.54. The van der Waals surface area contributed by atoms with Gasteiger partial charge in [0, 0.05) is 18.5 Å². The first-order valence-electron chi connectivity index (χ1n) is 8.87. The lowest BCUT2D eigenvalue weighted by Crippen LogP contribution is -2.52. The van der Waals surface area contributed by atoms with Gasteiger partial charge in [-0.2, -0.15) is 0 Å². The Bertz CT molecular complexity index is 327. The number of hydrogen-bond acceptors (Lipinski definition) is 2. The van der Waals surface area contributed by atoms with Crippen LogP contribution in [0.1, 0.15) is 73.1 Å². The number of nitrogens with two attached hydrogens (primary N) is 1. The summed E-state index contributed by atoms with van der Waals surface area (Å²) >= 11 is 0. The van der Waals surface area contributed by atoms with Crippen molar-refractivity contribution in [1.29, 1.82) is 0 Å². The van der Waals surface area contributed by atoms with Gasteiger partial charge in [0.05, 0.1) is 0 Å². The Morgan fingerprint density at radius 1 is 1.33 bits per heavy atom. The van der Waals surface area contributed by atoms with Crippen LogP contribution in [-0.2, 0) is 4.79 Å². The maximum absolute atomic E-state index is 12.6. The highest BCUT2D eigenvalue weighted by Gasteiger charge is 2.44. The summed E-state index contributed by atoms with van der Waals surface area (Å²) in [5.74, 6) is 1.37. The minimum Gasteiger partial charge on any atom is -0.356 e. The van der Waals surface area contributed by atoms with Gasteiger partial charge in [-0.3, -0.25) is 4.79 Å². The molecule has 0 saturated heterocycles. The number of unbranched alkanes of at least 4 members (excludes halogenated alkanes) is 1. The second-order valence-electron chi connectivity index (χ2n) is 7.57. The van der Waals surface area contributed by atoms with E-state index in [1.54, 1.807) is 0 Å². The van der Waals surface area contributed by atoms with E-state index in [0.717, 1.165) is 25.8 Å². The molecule has 1 fully saturated rings. The highest BCUT2D eigenvalue weighted by molar-refractivity contribution is 5.79. The number of carbonyl (C=O) groups excluding carboxylic acids is 1. The topological polar surface area (TPSA) is 55.1 Å². The quantitative estimate of drug-likeness (QED) is 0.752. The van der Waals surface area contributed by atoms with Gasteiger partial charge >= 0.3 is 0 Å². The summed E-state index contributed by atoms with van der Waals surface area (Å²) in [7, 11) is 0. The van der Waals surface area contributed by atoms with Gasteiger partial charge < -0.3 is 11.1 Å². The van der Waals surface area contributed by atoms with Crippen molar-refractivity contribution < 1.29 is 4.79 Å². The lowest BCUT2D eigenvalue weighted by atomic mass is 9.61. The van der Waals surface area contributed by atoms with Crippen molar-refractivity contribution in [2.75, 3.05) is 6.54 Å². The first-order chi connectivity index (χ1) is 9.84. The van der Waals surface area contributed by atoms with E-state index in [0.29, 0.717) is 11.8 Å². The first kappa shape index (κ1) is 18.5. The molecule has 21 heavy (non-hydrogen) atoms. The summed E-state index contributed by atoms with van der Waals surface area (Å²) in [5.41, 5.74) is 6.18. The van der Waals surface area contributed by atoms with Crippen molar-refractivity contribution in [3.8, 4) is 0 Å².